The van der Waals surface area contributed by atoms with E-state index in [0.717, 1.165) is 37.4 Å². The first-order chi connectivity index (χ1) is 15.9. The molecule has 1 saturated heterocycles. The summed E-state index contributed by atoms with van der Waals surface area (Å²) in [7, 11) is 4.20. The number of anilines is 1. The van der Waals surface area contributed by atoms with Crippen LogP contribution < -0.4 is 5.32 Å². The molecule has 1 fully saturated rings. The van der Waals surface area contributed by atoms with Crippen LogP contribution in [0.15, 0.2) is 36.5 Å². The number of hydrogen-bond acceptors (Lipinski definition) is 7. The average molecular weight is 449 g/mol. The monoisotopic (exact) mass is 448 g/mol. The second kappa shape index (κ2) is 10.2. The van der Waals surface area contributed by atoms with Gasteiger partial charge in [0, 0.05) is 31.0 Å². The van der Waals surface area contributed by atoms with Crippen molar-refractivity contribution < 1.29 is 4.79 Å². The summed E-state index contributed by atoms with van der Waals surface area (Å²) in [5.41, 5.74) is 2.49. The zero-order valence-electron chi connectivity index (χ0n) is 19.8. The molecule has 9 nitrogen and oxygen atoms in total. The molecule has 0 bridgehead atoms. The lowest BCUT2D eigenvalue weighted by atomic mass is 9.97. The molecule has 4 heterocycles. The van der Waals surface area contributed by atoms with E-state index in [9.17, 15) is 4.79 Å². The van der Waals surface area contributed by atoms with Gasteiger partial charge in [-0.1, -0.05) is 6.07 Å². The highest BCUT2D eigenvalue weighted by molar-refractivity contribution is 5.91. The third kappa shape index (κ3) is 6.00. The molecule has 3 aromatic heterocycles. The summed E-state index contributed by atoms with van der Waals surface area (Å²) in [5, 5.41) is 7.52. The summed E-state index contributed by atoms with van der Waals surface area (Å²) in [6.45, 7) is 7.19. The third-order valence-corrected chi connectivity index (χ3v) is 5.69. The predicted octanol–water partition coefficient (Wildman–Crippen LogP) is 2.55. The Kier molecular flexibility index (Phi) is 7.10. The fraction of sp³-hybridized carbons (Fsp3) is 0.458. The normalized spacial score (nSPS) is 16.8. The fourth-order valence-corrected chi connectivity index (χ4v) is 4.42. The predicted molar refractivity (Wildman–Crippen MR) is 128 cm³/mol. The molecule has 1 amide bonds. The summed E-state index contributed by atoms with van der Waals surface area (Å²) < 4.78 is 1.76. The van der Waals surface area contributed by atoms with Crippen LogP contribution >= 0.6 is 0 Å². The smallest absolute Gasteiger partial charge is 0.239 e. The molecule has 1 aliphatic heterocycles. The van der Waals surface area contributed by atoms with Gasteiger partial charge in [0.05, 0.1) is 12.2 Å². The number of nitrogens with zero attached hydrogens (tertiary/aromatic N) is 7. The Labute approximate surface area is 194 Å². The van der Waals surface area contributed by atoms with Crippen LogP contribution in [0.4, 0.5) is 5.82 Å². The van der Waals surface area contributed by atoms with Gasteiger partial charge in [-0.15, -0.1) is 0 Å². The number of pyridine rings is 1. The first kappa shape index (κ1) is 23.0. The Morgan fingerprint density at radius 3 is 2.76 bits per heavy atom. The van der Waals surface area contributed by atoms with E-state index < -0.39 is 0 Å². The Morgan fingerprint density at radius 1 is 1.21 bits per heavy atom. The summed E-state index contributed by atoms with van der Waals surface area (Å²) in [4.78, 5) is 31.0. The molecular weight excluding hydrogens is 416 g/mol. The van der Waals surface area contributed by atoms with Crippen LogP contribution in [0.25, 0.3) is 17.3 Å². The standard InChI is InChI=1S/C24H32N8O/c1-17-12-18(2)32(29-17)22-13-21(27-24(28-22)20-9-5-6-10-25-20)26-23(33)16-31-11-7-8-19(15-31)14-30(3)4/h5-6,9-10,12-13,19H,7-8,11,14-16H2,1-4H3,(H,26,27,28,33). The van der Waals surface area contributed by atoms with Gasteiger partial charge in [0.1, 0.15) is 11.5 Å². The number of amides is 1. The van der Waals surface area contributed by atoms with Gasteiger partial charge in [-0.05, 0) is 71.4 Å². The molecule has 0 spiro atoms. The van der Waals surface area contributed by atoms with Crippen LogP contribution in [-0.4, -0.2) is 80.7 Å². The van der Waals surface area contributed by atoms with Crippen LogP contribution in [0.1, 0.15) is 24.2 Å². The maximum absolute atomic E-state index is 12.9. The number of nitrogens with one attached hydrogen (secondary N) is 1. The van der Waals surface area contributed by atoms with Crippen molar-refractivity contribution in [2.45, 2.75) is 26.7 Å². The topological polar surface area (TPSA) is 92.1 Å². The number of likely N-dealkylation sites (tertiary alicyclic amines) is 1. The quantitative estimate of drug-likeness (QED) is 0.594. The largest absolute Gasteiger partial charge is 0.309 e. The molecule has 1 aliphatic rings. The van der Waals surface area contributed by atoms with E-state index in [1.165, 1.54) is 6.42 Å². The van der Waals surface area contributed by atoms with Crippen molar-refractivity contribution in [1.29, 1.82) is 0 Å². The van der Waals surface area contributed by atoms with Crippen molar-refractivity contribution in [3.8, 4) is 17.3 Å². The van der Waals surface area contributed by atoms with E-state index in [-0.39, 0.29) is 5.91 Å². The van der Waals surface area contributed by atoms with Crippen LogP contribution in [0.3, 0.4) is 0 Å². The molecule has 1 unspecified atom stereocenters. The minimum absolute atomic E-state index is 0.0782. The average Bonchev–Trinajstić information content (AvgIpc) is 3.12. The molecule has 174 valence electrons. The van der Waals surface area contributed by atoms with E-state index in [4.69, 9.17) is 0 Å². The van der Waals surface area contributed by atoms with Crippen LogP contribution in [0.2, 0.25) is 0 Å². The maximum Gasteiger partial charge on any atom is 0.239 e. The van der Waals surface area contributed by atoms with Gasteiger partial charge in [0.15, 0.2) is 11.6 Å². The highest BCUT2D eigenvalue weighted by Crippen LogP contribution is 2.20. The number of rotatable bonds is 7. The zero-order chi connectivity index (χ0) is 23.4. The highest BCUT2D eigenvalue weighted by atomic mass is 16.2. The van der Waals surface area contributed by atoms with Gasteiger partial charge in [-0.25, -0.2) is 14.6 Å². The number of piperidine rings is 1. The molecule has 0 aromatic carbocycles. The van der Waals surface area contributed by atoms with Crippen molar-refractivity contribution in [2.24, 2.45) is 5.92 Å². The van der Waals surface area contributed by atoms with Crippen molar-refractivity contribution in [2.75, 3.05) is 45.6 Å². The Balaban J connectivity index is 1.54. The van der Waals surface area contributed by atoms with Crippen molar-refractivity contribution in [3.05, 3.63) is 47.9 Å². The number of aryl methyl sites for hydroxylation is 2. The SMILES string of the molecule is Cc1cc(C)n(-c2cc(NC(=O)CN3CCCC(CN(C)C)C3)nc(-c3ccccn3)n2)n1. The fourth-order valence-electron chi connectivity index (χ4n) is 4.42. The molecule has 4 rings (SSSR count). The molecule has 3 aromatic rings. The molecule has 0 saturated carbocycles. The van der Waals surface area contributed by atoms with Gasteiger partial charge >= 0.3 is 0 Å². The zero-order valence-corrected chi connectivity index (χ0v) is 19.8. The minimum Gasteiger partial charge on any atom is -0.309 e. The molecule has 0 radical (unpaired) electrons. The van der Waals surface area contributed by atoms with Crippen LogP contribution in [-0.2, 0) is 4.79 Å². The van der Waals surface area contributed by atoms with Gasteiger partial charge in [0.25, 0.3) is 0 Å². The number of aromatic nitrogens is 5. The van der Waals surface area contributed by atoms with E-state index in [1.807, 2.05) is 38.1 Å². The van der Waals surface area contributed by atoms with E-state index >= 15 is 0 Å². The highest BCUT2D eigenvalue weighted by Gasteiger charge is 2.22. The van der Waals surface area contributed by atoms with Gasteiger partial charge in [-0.2, -0.15) is 5.10 Å². The molecule has 0 aliphatic carbocycles. The lowest BCUT2D eigenvalue weighted by Gasteiger charge is -2.33. The Hall–Kier alpha value is -3.17. The first-order valence-corrected chi connectivity index (χ1v) is 11.4. The van der Waals surface area contributed by atoms with Crippen LogP contribution in [0, 0.1) is 19.8 Å². The minimum atomic E-state index is -0.0782. The van der Waals surface area contributed by atoms with E-state index in [2.05, 4.69) is 49.3 Å². The maximum atomic E-state index is 12.9. The molecule has 1 atom stereocenters. The molecule has 33 heavy (non-hydrogen) atoms. The molecular formula is C24H32N8O. The van der Waals surface area contributed by atoms with Crippen molar-refractivity contribution >= 4 is 11.7 Å². The summed E-state index contributed by atoms with van der Waals surface area (Å²) in [6, 6.07) is 9.33. The summed E-state index contributed by atoms with van der Waals surface area (Å²) in [5.74, 6) is 2.00. The summed E-state index contributed by atoms with van der Waals surface area (Å²) >= 11 is 0. The second-order valence-electron chi connectivity index (χ2n) is 9.04. The molecule has 1 N–H and O–H groups in total. The second-order valence-corrected chi connectivity index (χ2v) is 9.04. The Bertz CT molecular complexity index is 1100. The van der Waals surface area contributed by atoms with E-state index in [1.54, 1.807) is 16.9 Å². The van der Waals surface area contributed by atoms with Crippen molar-refractivity contribution in [3.63, 3.8) is 0 Å². The van der Waals surface area contributed by atoms with Gasteiger partial charge in [0.2, 0.25) is 5.91 Å². The van der Waals surface area contributed by atoms with Crippen LogP contribution in [0.5, 0.6) is 0 Å². The lowest BCUT2D eigenvalue weighted by Crippen LogP contribution is -2.43. The number of carbonyl (C=O) groups is 1. The van der Waals surface area contributed by atoms with E-state index in [0.29, 0.717) is 35.6 Å². The summed E-state index contributed by atoms with van der Waals surface area (Å²) in [6.07, 6.45) is 4.03. The lowest BCUT2D eigenvalue weighted by molar-refractivity contribution is -0.117. The Morgan fingerprint density at radius 2 is 2.06 bits per heavy atom. The molecule has 9 heteroatoms. The van der Waals surface area contributed by atoms with Crippen molar-refractivity contribution in [1.82, 2.24) is 34.5 Å². The third-order valence-electron chi connectivity index (χ3n) is 5.69. The number of hydrogen-bond donors (Lipinski definition) is 1. The van der Waals surface area contributed by atoms with Gasteiger partial charge in [-0.3, -0.25) is 14.7 Å². The van der Waals surface area contributed by atoms with Gasteiger partial charge < -0.3 is 10.2 Å². The first-order valence-electron chi connectivity index (χ1n) is 11.4. The number of carbonyl (C=O) groups excluding carboxylic acids is 1.